The van der Waals surface area contributed by atoms with Crippen molar-refractivity contribution in [3.8, 4) is 0 Å². The lowest BCUT2D eigenvalue weighted by atomic mass is 10.3. The van der Waals surface area contributed by atoms with E-state index in [0.29, 0.717) is 0 Å². The standard InChI is InChI=1S/C6H2BrClF3N/c7-4-2-1-3(8)5(12-4)6(9,10)11/h1-2H. The Kier molecular flexibility index (Phi) is 2.63. The quantitative estimate of drug-likeness (QED) is 0.650. The molecule has 0 bridgehead atoms. The molecule has 0 atom stereocenters. The summed E-state index contributed by atoms with van der Waals surface area (Å²) >= 11 is 8.10. The molecule has 1 nitrogen and oxygen atoms in total. The van der Waals surface area contributed by atoms with E-state index in [4.69, 9.17) is 11.6 Å². The molecule has 1 aromatic rings. The Morgan fingerprint density at radius 2 is 1.92 bits per heavy atom. The van der Waals surface area contributed by atoms with Crippen LogP contribution in [0.4, 0.5) is 13.2 Å². The smallest absolute Gasteiger partial charge is 0.235 e. The van der Waals surface area contributed by atoms with Gasteiger partial charge in [-0.25, -0.2) is 4.98 Å². The maximum Gasteiger partial charge on any atom is 0.434 e. The molecule has 0 saturated heterocycles. The zero-order chi connectivity index (χ0) is 9.35. The lowest BCUT2D eigenvalue weighted by molar-refractivity contribution is -0.141. The van der Waals surface area contributed by atoms with Crippen LogP contribution in [-0.2, 0) is 6.18 Å². The Morgan fingerprint density at radius 1 is 1.33 bits per heavy atom. The van der Waals surface area contributed by atoms with Crippen LogP contribution >= 0.6 is 27.5 Å². The third-order valence-corrected chi connectivity index (χ3v) is 1.83. The van der Waals surface area contributed by atoms with Gasteiger partial charge in [-0.15, -0.1) is 0 Å². The molecule has 6 heteroatoms. The summed E-state index contributed by atoms with van der Waals surface area (Å²) in [6, 6.07) is 2.49. The van der Waals surface area contributed by atoms with Gasteiger partial charge in [0.2, 0.25) is 0 Å². The Hall–Kier alpha value is -0.290. The van der Waals surface area contributed by atoms with Gasteiger partial charge in [-0.3, -0.25) is 0 Å². The Bertz CT molecular complexity index is 299. The molecule has 0 radical (unpaired) electrons. The molecule has 0 N–H and O–H groups in total. The van der Waals surface area contributed by atoms with E-state index in [9.17, 15) is 13.2 Å². The first-order chi connectivity index (χ1) is 5.41. The molecule has 0 aromatic carbocycles. The Labute approximate surface area is 79.7 Å². The van der Waals surface area contributed by atoms with Crippen LogP contribution in [0.25, 0.3) is 0 Å². The predicted octanol–water partition coefficient (Wildman–Crippen LogP) is 3.52. The van der Waals surface area contributed by atoms with Gasteiger partial charge in [0.05, 0.1) is 5.02 Å². The van der Waals surface area contributed by atoms with Crippen LogP contribution in [0.1, 0.15) is 5.69 Å². The molecule has 0 unspecified atom stereocenters. The molecule has 12 heavy (non-hydrogen) atoms. The van der Waals surface area contributed by atoms with Gasteiger partial charge in [-0.1, -0.05) is 11.6 Å². The highest BCUT2D eigenvalue weighted by Crippen LogP contribution is 2.33. The molecule has 1 heterocycles. The van der Waals surface area contributed by atoms with E-state index in [1.54, 1.807) is 0 Å². The maximum absolute atomic E-state index is 12.1. The first-order valence-corrected chi connectivity index (χ1v) is 3.97. The van der Waals surface area contributed by atoms with Crippen molar-refractivity contribution in [2.45, 2.75) is 6.18 Å². The second-order valence-corrected chi connectivity index (χ2v) is 3.18. The average Bonchev–Trinajstić information content (AvgIpc) is 1.92. The molecule has 0 aliphatic rings. The molecular weight excluding hydrogens is 258 g/mol. The van der Waals surface area contributed by atoms with Crippen LogP contribution in [0.3, 0.4) is 0 Å². The van der Waals surface area contributed by atoms with E-state index in [1.807, 2.05) is 0 Å². The number of halogens is 5. The third kappa shape index (κ3) is 2.10. The number of hydrogen-bond donors (Lipinski definition) is 0. The summed E-state index contributed by atoms with van der Waals surface area (Å²) in [4.78, 5) is 3.20. The summed E-state index contributed by atoms with van der Waals surface area (Å²) in [6.45, 7) is 0. The first-order valence-electron chi connectivity index (χ1n) is 2.80. The van der Waals surface area contributed by atoms with Crippen LogP contribution in [0.15, 0.2) is 16.7 Å². The van der Waals surface area contributed by atoms with E-state index >= 15 is 0 Å². The number of rotatable bonds is 0. The molecular formula is C6H2BrClF3N. The number of nitrogens with zero attached hydrogens (tertiary/aromatic N) is 1. The van der Waals surface area contributed by atoms with Crippen LogP contribution < -0.4 is 0 Å². The lowest BCUT2D eigenvalue weighted by Crippen LogP contribution is -2.08. The average molecular weight is 260 g/mol. The van der Waals surface area contributed by atoms with E-state index in [2.05, 4.69) is 20.9 Å². The van der Waals surface area contributed by atoms with Crippen molar-refractivity contribution >= 4 is 27.5 Å². The van der Waals surface area contributed by atoms with Crippen LogP contribution in [-0.4, -0.2) is 4.98 Å². The number of aromatic nitrogens is 1. The van der Waals surface area contributed by atoms with Gasteiger partial charge in [0.25, 0.3) is 0 Å². The maximum atomic E-state index is 12.1. The van der Waals surface area contributed by atoms with Gasteiger partial charge in [-0.05, 0) is 28.1 Å². The molecule has 66 valence electrons. The zero-order valence-electron chi connectivity index (χ0n) is 5.49. The molecule has 0 fully saturated rings. The topological polar surface area (TPSA) is 12.9 Å². The van der Waals surface area contributed by atoms with Crippen molar-refractivity contribution < 1.29 is 13.2 Å². The number of alkyl halides is 3. The SMILES string of the molecule is FC(F)(F)c1nc(Br)ccc1Cl. The first kappa shape index (κ1) is 9.80. The molecule has 0 saturated carbocycles. The molecule has 1 rings (SSSR count). The van der Waals surface area contributed by atoms with Crippen molar-refractivity contribution in [2.24, 2.45) is 0 Å². The number of pyridine rings is 1. The molecule has 0 aliphatic heterocycles. The summed E-state index contributed by atoms with van der Waals surface area (Å²) in [5.74, 6) is 0. The van der Waals surface area contributed by atoms with E-state index in [0.717, 1.165) is 6.07 Å². The Morgan fingerprint density at radius 3 is 2.33 bits per heavy atom. The fraction of sp³-hybridized carbons (Fsp3) is 0.167. The summed E-state index contributed by atoms with van der Waals surface area (Å²) < 4.78 is 36.3. The number of hydrogen-bond acceptors (Lipinski definition) is 1. The van der Waals surface area contributed by atoms with Crippen molar-refractivity contribution in [3.63, 3.8) is 0 Å². The fourth-order valence-electron chi connectivity index (χ4n) is 0.617. The largest absolute Gasteiger partial charge is 0.434 e. The monoisotopic (exact) mass is 259 g/mol. The van der Waals surface area contributed by atoms with E-state index in [1.165, 1.54) is 6.07 Å². The minimum Gasteiger partial charge on any atom is -0.235 e. The van der Waals surface area contributed by atoms with Crippen LogP contribution in [0, 0.1) is 0 Å². The van der Waals surface area contributed by atoms with Gasteiger partial charge in [0, 0.05) is 0 Å². The van der Waals surface area contributed by atoms with Crippen LogP contribution in [0.5, 0.6) is 0 Å². The fourth-order valence-corrected chi connectivity index (χ4v) is 1.14. The van der Waals surface area contributed by atoms with Crippen molar-refractivity contribution in [1.29, 1.82) is 0 Å². The van der Waals surface area contributed by atoms with E-state index < -0.39 is 16.9 Å². The minimum absolute atomic E-state index is 0.110. The zero-order valence-corrected chi connectivity index (χ0v) is 7.83. The summed E-state index contributed by atoms with van der Waals surface area (Å²) in [5.41, 5.74) is -1.07. The molecule has 0 spiro atoms. The van der Waals surface area contributed by atoms with Crippen molar-refractivity contribution in [1.82, 2.24) is 4.98 Å². The summed E-state index contributed by atoms with van der Waals surface area (Å²) in [6.07, 6.45) is -4.50. The van der Waals surface area contributed by atoms with Gasteiger partial charge in [0.1, 0.15) is 4.60 Å². The van der Waals surface area contributed by atoms with Gasteiger partial charge in [0.15, 0.2) is 5.69 Å². The highest BCUT2D eigenvalue weighted by Gasteiger charge is 2.35. The highest BCUT2D eigenvalue weighted by molar-refractivity contribution is 9.10. The molecule has 1 aromatic heterocycles. The molecule has 0 amide bonds. The van der Waals surface area contributed by atoms with Crippen LogP contribution in [0.2, 0.25) is 5.02 Å². The highest BCUT2D eigenvalue weighted by atomic mass is 79.9. The van der Waals surface area contributed by atoms with Gasteiger partial charge >= 0.3 is 6.18 Å². The third-order valence-electron chi connectivity index (χ3n) is 1.08. The molecule has 0 aliphatic carbocycles. The summed E-state index contributed by atoms with van der Waals surface area (Å²) in [7, 11) is 0. The van der Waals surface area contributed by atoms with Crippen molar-refractivity contribution in [3.05, 3.63) is 27.5 Å². The van der Waals surface area contributed by atoms with Gasteiger partial charge < -0.3 is 0 Å². The predicted molar refractivity (Wildman–Crippen MR) is 41.9 cm³/mol. The second kappa shape index (κ2) is 3.22. The van der Waals surface area contributed by atoms with Crippen molar-refractivity contribution in [2.75, 3.05) is 0 Å². The van der Waals surface area contributed by atoms with Gasteiger partial charge in [-0.2, -0.15) is 13.2 Å². The summed E-state index contributed by atoms with van der Waals surface area (Å²) in [5, 5.41) is -0.397. The normalized spacial score (nSPS) is 11.8. The Balaban J connectivity index is 3.23. The minimum atomic E-state index is -4.50. The lowest BCUT2D eigenvalue weighted by Gasteiger charge is -2.06. The second-order valence-electron chi connectivity index (χ2n) is 1.96. The van der Waals surface area contributed by atoms with E-state index in [-0.39, 0.29) is 4.60 Å².